The number of benzene rings is 1. The number of halogens is 1. The van der Waals surface area contributed by atoms with Gasteiger partial charge in [0.1, 0.15) is 11.4 Å². The summed E-state index contributed by atoms with van der Waals surface area (Å²) in [5, 5.41) is 0. The molecule has 122 valence electrons. The van der Waals surface area contributed by atoms with E-state index < -0.39 is 5.60 Å². The van der Waals surface area contributed by atoms with Crippen molar-refractivity contribution in [3.8, 4) is 5.75 Å². The van der Waals surface area contributed by atoms with Crippen molar-refractivity contribution in [1.29, 1.82) is 0 Å². The van der Waals surface area contributed by atoms with Crippen LogP contribution in [0, 0.1) is 0 Å². The molecule has 0 saturated carbocycles. The fraction of sp³-hybridized carbons (Fsp3) is 0.500. The van der Waals surface area contributed by atoms with Crippen molar-refractivity contribution < 1.29 is 18.7 Å². The van der Waals surface area contributed by atoms with E-state index in [1.165, 1.54) is 0 Å². The zero-order valence-electron chi connectivity index (χ0n) is 13.8. The molecule has 0 spiro atoms. The molecule has 1 aromatic carbocycles. The molecule has 4 heteroatoms. The average Bonchev–Trinajstić information content (AvgIpc) is 2.46. The molecular weight excluding hydrogens is 283 g/mol. The van der Waals surface area contributed by atoms with Crippen molar-refractivity contribution in [1.82, 2.24) is 0 Å². The second-order valence-corrected chi connectivity index (χ2v) is 6.20. The fourth-order valence-corrected chi connectivity index (χ4v) is 1.99. The number of allylic oxidation sites excluding steroid dienone is 1. The summed E-state index contributed by atoms with van der Waals surface area (Å²) >= 11 is 0. The van der Waals surface area contributed by atoms with E-state index >= 15 is 0 Å². The van der Waals surface area contributed by atoms with Gasteiger partial charge in [-0.3, -0.25) is 4.79 Å². The van der Waals surface area contributed by atoms with Crippen molar-refractivity contribution in [3.05, 3.63) is 41.7 Å². The molecule has 0 fully saturated rings. The summed E-state index contributed by atoms with van der Waals surface area (Å²) in [6, 6.07) is 7.69. The lowest BCUT2D eigenvalue weighted by molar-refractivity contribution is -0.154. The van der Waals surface area contributed by atoms with E-state index in [4.69, 9.17) is 9.47 Å². The summed E-state index contributed by atoms with van der Waals surface area (Å²) in [5.74, 6) is 0.506. The third-order valence-electron chi connectivity index (χ3n) is 3.12. The van der Waals surface area contributed by atoms with Crippen molar-refractivity contribution in [2.24, 2.45) is 0 Å². The minimum atomic E-state index is -0.500. The molecule has 0 bridgehead atoms. The van der Waals surface area contributed by atoms with Crippen LogP contribution >= 0.6 is 0 Å². The Labute approximate surface area is 132 Å². The third kappa shape index (κ3) is 7.25. The van der Waals surface area contributed by atoms with Gasteiger partial charge in [0, 0.05) is 6.42 Å². The van der Waals surface area contributed by atoms with Crippen LogP contribution in [0.25, 0.3) is 0 Å². The zero-order chi connectivity index (χ0) is 16.6. The first-order valence-corrected chi connectivity index (χ1v) is 7.47. The van der Waals surface area contributed by atoms with E-state index in [9.17, 15) is 9.18 Å². The Bertz CT molecular complexity index is 498. The molecule has 0 radical (unpaired) electrons. The molecule has 0 unspecified atom stereocenters. The van der Waals surface area contributed by atoms with Crippen molar-refractivity contribution in [3.63, 3.8) is 0 Å². The number of ether oxygens (including phenoxy) is 2. The highest BCUT2D eigenvalue weighted by Crippen LogP contribution is 2.18. The zero-order valence-corrected chi connectivity index (χ0v) is 13.8. The molecule has 3 nitrogen and oxygen atoms in total. The number of rotatable bonds is 7. The maximum absolute atomic E-state index is 12.9. The Kier molecular flexibility index (Phi) is 7.09. The van der Waals surface area contributed by atoms with Crippen molar-refractivity contribution in [2.75, 3.05) is 7.11 Å². The maximum atomic E-state index is 12.9. The molecule has 0 aliphatic heterocycles. The Morgan fingerprint density at radius 2 is 1.77 bits per heavy atom. The van der Waals surface area contributed by atoms with Gasteiger partial charge < -0.3 is 9.47 Å². The van der Waals surface area contributed by atoms with Gasteiger partial charge in [-0.05, 0) is 63.3 Å². The lowest BCUT2D eigenvalue weighted by Gasteiger charge is -2.19. The number of hydrogen-bond donors (Lipinski definition) is 0. The van der Waals surface area contributed by atoms with Crippen LogP contribution in [-0.2, 0) is 16.0 Å². The number of hydrogen-bond acceptors (Lipinski definition) is 3. The molecule has 0 atom stereocenters. The number of carbonyl (C=O) groups is 1. The van der Waals surface area contributed by atoms with Gasteiger partial charge in [-0.25, -0.2) is 4.39 Å². The second-order valence-electron chi connectivity index (χ2n) is 6.20. The van der Waals surface area contributed by atoms with Crippen LogP contribution in [0.2, 0.25) is 0 Å². The first kappa shape index (κ1) is 18.2. The molecule has 0 aliphatic rings. The highest BCUT2D eigenvalue weighted by atomic mass is 19.1. The van der Waals surface area contributed by atoms with Gasteiger partial charge in [0.25, 0.3) is 0 Å². The second kappa shape index (κ2) is 8.57. The Hall–Kier alpha value is -1.84. The number of carbonyl (C=O) groups excluding carboxylic acids is 1. The number of esters is 1. The third-order valence-corrected chi connectivity index (χ3v) is 3.12. The van der Waals surface area contributed by atoms with Crippen molar-refractivity contribution >= 4 is 5.97 Å². The van der Waals surface area contributed by atoms with Crippen molar-refractivity contribution in [2.45, 2.75) is 52.1 Å². The van der Waals surface area contributed by atoms with Gasteiger partial charge in [-0.2, -0.15) is 0 Å². The van der Waals surface area contributed by atoms with Crippen LogP contribution in [0.1, 0.15) is 45.6 Å². The van der Waals surface area contributed by atoms with Crippen LogP contribution < -0.4 is 4.74 Å². The topological polar surface area (TPSA) is 35.5 Å². The van der Waals surface area contributed by atoms with Crippen LogP contribution in [-0.4, -0.2) is 18.7 Å². The molecule has 0 saturated heterocycles. The summed E-state index contributed by atoms with van der Waals surface area (Å²) in [4.78, 5) is 11.6. The van der Waals surface area contributed by atoms with E-state index in [2.05, 4.69) is 0 Å². The van der Waals surface area contributed by atoms with Gasteiger partial charge in [0.05, 0.1) is 13.4 Å². The quantitative estimate of drug-likeness (QED) is 0.690. The van der Waals surface area contributed by atoms with E-state index in [-0.39, 0.29) is 12.4 Å². The van der Waals surface area contributed by atoms with Gasteiger partial charge in [0.2, 0.25) is 0 Å². The first-order valence-electron chi connectivity index (χ1n) is 7.47. The average molecular weight is 308 g/mol. The molecular formula is C18H25FO3. The van der Waals surface area contributed by atoms with Gasteiger partial charge in [-0.1, -0.05) is 12.1 Å². The minimum Gasteiger partial charge on any atom is -0.497 e. The lowest BCUT2D eigenvalue weighted by atomic mass is 10.0. The molecule has 1 aromatic rings. The Balaban J connectivity index is 2.40. The highest BCUT2D eigenvalue weighted by molar-refractivity contribution is 5.70. The van der Waals surface area contributed by atoms with Gasteiger partial charge in [-0.15, -0.1) is 0 Å². The summed E-state index contributed by atoms with van der Waals surface area (Å²) in [7, 11) is 1.62. The monoisotopic (exact) mass is 308 g/mol. The number of methoxy groups -OCH3 is 1. The van der Waals surface area contributed by atoms with E-state index in [0.29, 0.717) is 24.7 Å². The Morgan fingerprint density at radius 1 is 1.14 bits per heavy atom. The van der Waals surface area contributed by atoms with Crippen LogP contribution in [0.4, 0.5) is 4.39 Å². The molecule has 0 amide bonds. The van der Waals surface area contributed by atoms with Crippen LogP contribution in [0.3, 0.4) is 0 Å². The predicted octanol–water partition coefficient (Wildman–Crippen LogP) is 4.60. The predicted molar refractivity (Wildman–Crippen MR) is 85.6 cm³/mol. The van der Waals surface area contributed by atoms with Crippen LogP contribution in [0.5, 0.6) is 5.75 Å². The smallest absolute Gasteiger partial charge is 0.306 e. The van der Waals surface area contributed by atoms with E-state index in [1.807, 2.05) is 45.0 Å². The van der Waals surface area contributed by atoms with Gasteiger partial charge in [0.15, 0.2) is 0 Å². The van der Waals surface area contributed by atoms with Gasteiger partial charge >= 0.3 is 5.97 Å². The number of aryl methyl sites for hydroxylation is 1. The molecule has 1 rings (SSSR count). The molecule has 0 aromatic heterocycles. The minimum absolute atomic E-state index is 0.204. The summed E-state index contributed by atoms with van der Waals surface area (Å²) in [6.45, 7) is 5.46. The highest BCUT2D eigenvalue weighted by Gasteiger charge is 2.16. The van der Waals surface area contributed by atoms with E-state index in [0.717, 1.165) is 17.7 Å². The normalized spacial score (nSPS) is 12.1. The SMILES string of the molecule is COc1ccc(CC/C(=C/F)CCC(=O)OC(C)(C)C)cc1. The van der Waals surface area contributed by atoms with E-state index in [1.54, 1.807) is 7.11 Å². The summed E-state index contributed by atoms with van der Waals surface area (Å²) in [6.07, 6.45) is 2.52. The first-order chi connectivity index (χ1) is 10.3. The van der Waals surface area contributed by atoms with Crippen LogP contribution in [0.15, 0.2) is 36.2 Å². The fourth-order valence-electron chi connectivity index (χ4n) is 1.99. The molecule has 0 aliphatic carbocycles. The standard InChI is InChI=1S/C18H25FO3/c1-18(2,3)22-17(20)12-9-15(13-19)6-5-14-7-10-16(21-4)11-8-14/h7-8,10-11,13H,5-6,9,12H2,1-4H3/b15-13-. The molecule has 0 heterocycles. The summed E-state index contributed by atoms with van der Waals surface area (Å²) < 4.78 is 23.2. The largest absolute Gasteiger partial charge is 0.497 e. The molecule has 22 heavy (non-hydrogen) atoms. The Morgan fingerprint density at radius 3 is 2.27 bits per heavy atom. The maximum Gasteiger partial charge on any atom is 0.306 e. The molecule has 0 N–H and O–H groups in total. The lowest BCUT2D eigenvalue weighted by Crippen LogP contribution is -2.23. The summed E-state index contributed by atoms with van der Waals surface area (Å²) in [5.41, 5.74) is 1.24.